The maximum Gasteiger partial charge on any atom is 0.319 e. The molecule has 3 N–H and O–H groups in total. The first-order valence-corrected chi connectivity index (χ1v) is 6.21. The number of carbonyl (C=O) groups is 2. The van der Waals surface area contributed by atoms with E-state index in [9.17, 15) is 18.4 Å². The number of amides is 2. The van der Waals surface area contributed by atoms with Crippen LogP contribution >= 0.6 is 0 Å². The fourth-order valence-corrected chi connectivity index (χ4v) is 2.27. The number of benzene rings is 1. The first-order valence-electron chi connectivity index (χ1n) is 6.21. The molecule has 0 saturated heterocycles. The zero-order valence-electron chi connectivity index (χ0n) is 10.5. The third kappa shape index (κ3) is 3.43. The van der Waals surface area contributed by atoms with E-state index in [1.54, 1.807) is 0 Å². The molecule has 108 valence electrons. The average molecular weight is 284 g/mol. The van der Waals surface area contributed by atoms with Crippen molar-refractivity contribution >= 4 is 17.7 Å². The molecule has 1 fully saturated rings. The minimum absolute atomic E-state index is 0.128. The molecule has 7 heteroatoms. The minimum atomic E-state index is -0.876. The summed E-state index contributed by atoms with van der Waals surface area (Å²) in [5.41, 5.74) is -0.128. The minimum Gasteiger partial charge on any atom is -0.481 e. The normalized spacial score (nSPS) is 21.5. The zero-order chi connectivity index (χ0) is 14.7. The summed E-state index contributed by atoms with van der Waals surface area (Å²) in [5, 5.41) is 13.7. The quantitative estimate of drug-likeness (QED) is 0.797. The first-order chi connectivity index (χ1) is 9.45. The van der Waals surface area contributed by atoms with Crippen LogP contribution < -0.4 is 10.6 Å². The molecule has 0 spiro atoms. The van der Waals surface area contributed by atoms with Crippen molar-refractivity contribution in [3.8, 4) is 0 Å². The number of hydrogen-bond donors (Lipinski definition) is 3. The van der Waals surface area contributed by atoms with E-state index >= 15 is 0 Å². The number of carboxylic acid groups (broad SMARTS) is 1. The largest absolute Gasteiger partial charge is 0.481 e. The number of urea groups is 1. The van der Waals surface area contributed by atoms with Crippen LogP contribution in [0.3, 0.4) is 0 Å². The van der Waals surface area contributed by atoms with Crippen LogP contribution in [0.2, 0.25) is 0 Å². The molecule has 0 aromatic heterocycles. The molecular formula is C13H14F2N2O3. The van der Waals surface area contributed by atoms with Gasteiger partial charge >= 0.3 is 12.0 Å². The number of hydrogen-bond acceptors (Lipinski definition) is 2. The fraction of sp³-hybridized carbons (Fsp3) is 0.385. The molecule has 2 atom stereocenters. The van der Waals surface area contributed by atoms with Gasteiger partial charge in [-0.3, -0.25) is 4.79 Å². The Morgan fingerprint density at radius 1 is 1.25 bits per heavy atom. The Morgan fingerprint density at radius 2 is 2.00 bits per heavy atom. The Morgan fingerprint density at radius 3 is 2.60 bits per heavy atom. The molecule has 2 amide bonds. The van der Waals surface area contributed by atoms with Gasteiger partial charge in [-0.05, 0) is 31.4 Å². The van der Waals surface area contributed by atoms with E-state index < -0.39 is 29.6 Å². The van der Waals surface area contributed by atoms with E-state index in [2.05, 4.69) is 10.6 Å². The topological polar surface area (TPSA) is 78.4 Å². The standard InChI is InChI=1S/C13H14F2N2O3/c14-8-2-4-11(10(15)6-8)17-13(20)16-9-3-1-7(5-9)12(18)19/h2,4,6-7,9H,1,3,5H2,(H,18,19)(H2,16,17,20). The third-order valence-electron chi connectivity index (χ3n) is 3.30. The Balaban J connectivity index is 1.88. The van der Waals surface area contributed by atoms with Crippen LogP contribution in [0.5, 0.6) is 0 Å². The Kier molecular flexibility index (Phi) is 4.16. The van der Waals surface area contributed by atoms with Crippen molar-refractivity contribution < 1.29 is 23.5 Å². The summed E-state index contributed by atoms with van der Waals surface area (Å²) in [6, 6.07) is 1.95. The Hall–Kier alpha value is -2.18. The van der Waals surface area contributed by atoms with Crippen LogP contribution in [0, 0.1) is 17.6 Å². The van der Waals surface area contributed by atoms with Crippen LogP contribution in [0.1, 0.15) is 19.3 Å². The van der Waals surface area contributed by atoms with E-state index in [1.165, 1.54) is 0 Å². The lowest BCUT2D eigenvalue weighted by Gasteiger charge is -2.13. The SMILES string of the molecule is O=C(Nc1ccc(F)cc1F)NC1CCC(C(=O)O)C1. The lowest BCUT2D eigenvalue weighted by atomic mass is 10.1. The molecule has 0 radical (unpaired) electrons. The molecule has 1 aromatic carbocycles. The van der Waals surface area contributed by atoms with E-state index in [4.69, 9.17) is 5.11 Å². The summed E-state index contributed by atoms with van der Waals surface area (Å²) >= 11 is 0. The summed E-state index contributed by atoms with van der Waals surface area (Å²) in [6.45, 7) is 0. The predicted octanol–water partition coefficient (Wildman–Crippen LogP) is 2.34. The first kappa shape index (κ1) is 14.2. The van der Waals surface area contributed by atoms with Crippen molar-refractivity contribution in [2.75, 3.05) is 5.32 Å². The zero-order valence-corrected chi connectivity index (χ0v) is 10.5. The summed E-state index contributed by atoms with van der Waals surface area (Å²) in [7, 11) is 0. The summed E-state index contributed by atoms with van der Waals surface area (Å²) < 4.78 is 26.0. The molecule has 1 saturated carbocycles. The molecule has 1 aliphatic carbocycles. The van der Waals surface area contributed by atoms with Crippen molar-refractivity contribution in [1.29, 1.82) is 0 Å². The lowest BCUT2D eigenvalue weighted by molar-refractivity contribution is -0.141. The summed E-state index contributed by atoms with van der Waals surface area (Å²) in [6.07, 6.45) is 1.43. The second-order valence-electron chi connectivity index (χ2n) is 4.77. The third-order valence-corrected chi connectivity index (χ3v) is 3.30. The molecule has 2 rings (SSSR count). The summed E-state index contributed by atoms with van der Waals surface area (Å²) in [5.74, 6) is -2.93. The molecule has 0 bridgehead atoms. The highest BCUT2D eigenvalue weighted by molar-refractivity contribution is 5.89. The maximum atomic E-state index is 13.3. The van der Waals surface area contributed by atoms with Gasteiger partial charge in [0.05, 0.1) is 11.6 Å². The number of carboxylic acids is 1. The van der Waals surface area contributed by atoms with Crippen LogP contribution in [0.15, 0.2) is 18.2 Å². The van der Waals surface area contributed by atoms with Crippen molar-refractivity contribution in [1.82, 2.24) is 5.32 Å². The summed E-state index contributed by atoms with van der Waals surface area (Å²) in [4.78, 5) is 22.4. The molecule has 1 aromatic rings. The number of nitrogens with one attached hydrogen (secondary N) is 2. The molecule has 2 unspecified atom stereocenters. The number of halogens is 2. The highest BCUT2D eigenvalue weighted by Gasteiger charge is 2.30. The Labute approximate surface area is 114 Å². The monoisotopic (exact) mass is 284 g/mol. The molecular weight excluding hydrogens is 270 g/mol. The van der Waals surface area contributed by atoms with Gasteiger partial charge in [0.1, 0.15) is 11.6 Å². The van der Waals surface area contributed by atoms with Gasteiger partial charge in [0, 0.05) is 12.1 Å². The number of anilines is 1. The van der Waals surface area contributed by atoms with Gasteiger partial charge in [0.2, 0.25) is 0 Å². The number of carbonyl (C=O) groups excluding carboxylic acids is 1. The van der Waals surface area contributed by atoms with Crippen LogP contribution in [-0.4, -0.2) is 23.1 Å². The predicted molar refractivity (Wildman–Crippen MR) is 67.3 cm³/mol. The highest BCUT2D eigenvalue weighted by atomic mass is 19.1. The number of aliphatic carboxylic acids is 1. The van der Waals surface area contributed by atoms with Crippen LogP contribution in [0.25, 0.3) is 0 Å². The van der Waals surface area contributed by atoms with Gasteiger partial charge < -0.3 is 15.7 Å². The van der Waals surface area contributed by atoms with Gasteiger partial charge in [0.15, 0.2) is 0 Å². The lowest BCUT2D eigenvalue weighted by Crippen LogP contribution is -2.36. The molecule has 20 heavy (non-hydrogen) atoms. The second-order valence-corrected chi connectivity index (χ2v) is 4.77. The highest BCUT2D eigenvalue weighted by Crippen LogP contribution is 2.25. The molecule has 1 aliphatic rings. The average Bonchev–Trinajstić information content (AvgIpc) is 2.81. The van der Waals surface area contributed by atoms with E-state index in [1.807, 2.05) is 0 Å². The van der Waals surface area contributed by atoms with Crippen LogP contribution in [0.4, 0.5) is 19.3 Å². The molecule has 0 aliphatic heterocycles. The van der Waals surface area contributed by atoms with Gasteiger partial charge in [-0.15, -0.1) is 0 Å². The van der Waals surface area contributed by atoms with E-state index in [-0.39, 0.29) is 11.7 Å². The second kappa shape index (κ2) is 5.85. The van der Waals surface area contributed by atoms with Crippen molar-refractivity contribution in [2.45, 2.75) is 25.3 Å². The molecule has 0 heterocycles. The maximum absolute atomic E-state index is 13.3. The van der Waals surface area contributed by atoms with Gasteiger partial charge in [-0.1, -0.05) is 0 Å². The van der Waals surface area contributed by atoms with Crippen LogP contribution in [-0.2, 0) is 4.79 Å². The molecule has 5 nitrogen and oxygen atoms in total. The van der Waals surface area contributed by atoms with Gasteiger partial charge in [-0.25, -0.2) is 13.6 Å². The van der Waals surface area contributed by atoms with E-state index in [0.29, 0.717) is 25.3 Å². The van der Waals surface area contributed by atoms with Gasteiger partial charge in [0.25, 0.3) is 0 Å². The van der Waals surface area contributed by atoms with Gasteiger partial charge in [-0.2, -0.15) is 0 Å². The van der Waals surface area contributed by atoms with Crippen molar-refractivity contribution in [2.24, 2.45) is 5.92 Å². The van der Waals surface area contributed by atoms with E-state index in [0.717, 1.165) is 12.1 Å². The fourth-order valence-electron chi connectivity index (χ4n) is 2.27. The number of rotatable bonds is 3. The van der Waals surface area contributed by atoms with Crippen molar-refractivity contribution in [3.05, 3.63) is 29.8 Å². The van der Waals surface area contributed by atoms with Crippen molar-refractivity contribution in [3.63, 3.8) is 0 Å². The smallest absolute Gasteiger partial charge is 0.319 e. The Bertz CT molecular complexity index is 536.